The van der Waals surface area contributed by atoms with Crippen LogP contribution in [0.25, 0.3) is 11.0 Å². The predicted molar refractivity (Wildman–Crippen MR) is 105 cm³/mol. The van der Waals surface area contributed by atoms with Crippen molar-refractivity contribution >= 4 is 23.0 Å². The molecule has 0 atom stereocenters. The SMILES string of the molecule is Cc1nc2ccc(C(=O)NCC(C)(C)NC(=O)OC(C)(C)C)cc2nc1C. The summed E-state index contributed by atoms with van der Waals surface area (Å²) in [4.78, 5) is 33.4. The van der Waals surface area contributed by atoms with Crippen LogP contribution in [0.5, 0.6) is 0 Å². The lowest BCUT2D eigenvalue weighted by Crippen LogP contribution is -2.52. The molecule has 2 rings (SSSR count). The van der Waals surface area contributed by atoms with Crippen LogP contribution >= 0.6 is 0 Å². The first-order valence-electron chi connectivity index (χ1n) is 8.91. The number of hydrogen-bond donors (Lipinski definition) is 2. The molecule has 0 saturated heterocycles. The number of fused-ring (bicyclic) bond motifs is 1. The third kappa shape index (κ3) is 5.91. The van der Waals surface area contributed by atoms with Gasteiger partial charge in [0.1, 0.15) is 5.60 Å². The summed E-state index contributed by atoms with van der Waals surface area (Å²) in [5.41, 5.74) is 2.39. The number of rotatable bonds is 4. The number of alkyl carbamates (subject to hydrolysis) is 1. The van der Waals surface area contributed by atoms with Crippen LogP contribution in [0.4, 0.5) is 4.79 Å². The number of aromatic nitrogens is 2. The molecule has 2 N–H and O–H groups in total. The molecule has 0 radical (unpaired) electrons. The second-order valence-electron chi connectivity index (χ2n) is 8.29. The summed E-state index contributed by atoms with van der Waals surface area (Å²) in [5, 5.41) is 5.61. The topological polar surface area (TPSA) is 93.2 Å². The van der Waals surface area contributed by atoms with Crippen LogP contribution in [0, 0.1) is 13.8 Å². The Hall–Kier alpha value is -2.70. The van der Waals surface area contributed by atoms with Gasteiger partial charge in [-0.05, 0) is 66.7 Å². The van der Waals surface area contributed by atoms with E-state index in [4.69, 9.17) is 4.74 Å². The van der Waals surface area contributed by atoms with Gasteiger partial charge in [-0.15, -0.1) is 0 Å². The van der Waals surface area contributed by atoms with E-state index in [9.17, 15) is 9.59 Å². The van der Waals surface area contributed by atoms with Gasteiger partial charge < -0.3 is 15.4 Å². The van der Waals surface area contributed by atoms with Gasteiger partial charge in [-0.1, -0.05) is 0 Å². The van der Waals surface area contributed by atoms with Gasteiger partial charge in [0.05, 0.1) is 28.0 Å². The van der Waals surface area contributed by atoms with E-state index in [1.807, 2.05) is 27.7 Å². The largest absolute Gasteiger partial charge is 0.444 e. The standard InChI is InChI=1S/C20H28N4O3/c1-12-13(2)23-16-10-14(8-9-15(16)22-12)17(25)21-11-20(6,7)24-18(26)27-19(3,4)5/h8-10H,11H2,1-7H3,(H,21,25)(H,24,26). The molecule has 0 aliphatic rings. The number of aryl methyl sites for hydroxylation is 2. The quantitative estimate of drug-likeness (QED) is 0.859. The number of amides is 2. The van der Waals surface area contributed by atoms with Crippen LogP contribution in [0.15, 0.2) is 18.2 Å². The van der Waals surface area contributed by atoms with Crippen LogP contribution in [-0.4, -0.2) is 39.7 Å². The lowest BCUT2D eigenvalue weighted by molar-refractivity contribution is 0.0469. The average molecular weight is 372 g/mol. The molecule has 0 bridgehead atoms. The fourth-order valence-corrected chi connectivity index (χ4v) is 2.40. The average Bonchev–Trinajstić information content (AvgIpc) is 2.51. The van der Waals surface area contributed by atoms with Crippen LogP contribution in [0.3, 0.4) is 0 Å². The van der Waals surface area contributed by atoms with Crippen LogP contribution in [0.1, 0.15) is 56.4 Å². The molecule has 7 heteroatoms. The van der Waals surface area contributed by atoms with Crippen molar-refractivity contribution in [3.63, 3.8) is 0 Å². The van der Waals surface area contributed by atoms with Crippen molar-refractivity contribution in [1.29, 1.82) is 0 Å². The summed E-state index contributed by atoms with van der Waals surface area (Å²) in [6.45, 7) is 13.1. The third-order valence-corrected chi connectivity index (χ3v) is 3.87. The van der Waals surface area contributed by atoms with E-state index in [1.165, 1.54) is 0 Å². The molecule has 2 amide bonds. The zero-order valence-corrected chi connectivity index (χ0v) is 17.1. The normalized spacial score (nSPS) is 12.0. The first kappa shape index (κ1) is 20.6. The van der Waals surface area contributed by atoms with Crippen molar-refractivity contribution in [3.05, 3.63) is 35.2 Å². The van der Waals surface area contributed by atoms with Crippen LogP contribution < -0.4 is 10.6 Å². The minimum atomic E-state index is -0.664. The molecule has 0 fully saturated rings. The summed E-state index contributed by atoms with van der Waals surface area (Å²) >= 11 is 0. The number of nitrogens with one attached hydrogen (secondary N) is 2. The van der Waals surface area contributed by atoms with Crippen molar-refractivity contribution in [3.8, 4) is 0 Å². The first-order chi connectivity index (χ1) is 12.4. The summed E-state index contributed by atoms with van der Waals surface area (Å²) < 4.78 is 5.26. The molecule has 0 spiro atoms. The Balaban J connectivity index is 2.03. The predicted octanol–water partition coefficient (Wildman–Crippen LogP) is 3.28. The smallest absolute Gasteiger partial charge is 0.408 e. The number of benzene rings is 1. The Bertz CT molecular complexity index is 869. The Labute approximate surface area is 159 Å². The maximum absolute atomic E-state index is 12.5. The molecule has 146 valence electrons. The zero-order chi connectivity index (χ0) is 20.4. The first-order valence-corrected chi connectivity index (χ1v) is 8.91. The van der Waals surface area contributed by atoms with Crippen molar-refractivity contribution < 1.29 is 14.3 Å². The van der Waals surface area contributed by atoms with E-state index in [0.29, 0.717) is 11.1 Å². The lowest BCUT2D eigenvalue weighted by Gasteiger charge is -2.28. The van der Waals surface area contributed by atoms with E-state index < -0.39 is 17.2 Å². The Kier molecular flexibility index (Phi) is 5.73. The van der Waals surface area contributed by atoms with Gasteiger partial charge in [0.15, 0.2) is 0 Å². The van der Waals surface area contributed by atoms with Gasteiger partial charge in [-0.3, -0.25) is 4.79 Å². The number of nitrogens with zero attached hydrogens (tertiary/aromatic N) is 2. The van der Waals surface area contributed by atoms with Crippen LogP contribution in [0.2, 0.25) is 0 Å². The molecule has 1 aromatic heterocycles. The number of carbonyl (C=O) groups excluding carboxylic acids is 2. The van der Waals surface area contributed by atoms with E-state index in [1.54, 1.807) is 39.0 Å². The van der Waals surface area contributed by atoms with Crippen molar-refractivity contribution in [2.75, 3.05) is 6.54 Å². The molecule has 0 saturated carbocycles. The van der Waals surface area contributed by atoms with Gasteiger partial charge in [-0.25, -0.2) is 14.8 Å². The van der Waals surface area contributed by atoms with Gasteiger partial charge >= 0.3 is 6.09 Å². The third-order valence-electron chi connectivity index (χ3n) is 3.87. The van der Waals surface area contributed by atoms with Crippen molar-refractivity contribution in [1.82, 2.24) is 20.6 Å². The second kappa shape index (κ2) is 7.50. The van der Waals surface area contributed by atoms with Gasteiger partial charge in [0.25, 0.3) is 5.91 Å². The van der Waals surface area contributed by atoms with E-state index >= 15 is 0 Å². The minimum Gasteiger partial charge on any atom is -0.444 e. The summed E-state index contributed by atoms with van der Waals surface area (Å²) in [6.07, 6.45) is -0.520. The van der Waals surface area contributed by atoms with Crippen LogP contribution in [-0.2, 0) is 4.74 Å². The second-order valence-corrected chi connectivity index (χ2v) is 8.29. The highest BCUT2D eigenvalue weighted by molar-refractivity contribution is 5.97. The summed E-state index contributed by atoms with van der Waals surface area (Å²) in [6, 6.07) is 5.22. The van der Waals surface area contributed by atoms with E-state index in [2.05, 4.69) is 20.6 Å². The zero-order valence-electron chi connectivity index (χ0n) is 17.1. The van der Waals surface area contributed by atoms with Crippen molar-refractivity contribution in [2.45, 2.75) is 59.6 Å². The minimum absolute atomic E-state index is 0.240. The highest BCUT2D eigenvalue weighted by Gasteiger charge is 2.25. The summed E-state index contributed by atoms with van der Waals surface area (Å²) in [5.74, 6) is -0.240. The molecule has 0 aliphatic heterocycles. The Morgan fingerprint density at radius 1 is 1.00 bits per heavy atom. The maximum Gasteiger partial charge on any atom is 0.408 e. The molecular formula is C20H28N4O3. The maximum atomic E-state index is 12.5. The van der Waals surface area contributed by atoms with Gasteiger partial charge in [0.2, 0.25) is 0 Å². The summed E-state index contributed by atoms with van der Waals surface area (Å²) in [7, 11) is 0. The molecule has 1 aromatic carbocycles. The molecule has 0 unspecified atom stereocenters. The lowest BCUT2D eigenvalue weighted by atomic mass is 10.1. The van der Waals surface area contributed by atoms with Gasteiger partial charge in [0, 0.05) is 12.1 Å². The Morgan fingerprint density at radius 2 is 1.59 bits per heavy atom. The molecule has 2 aromatic rings. The monoisotopic (exact) mass is 372 g/mol. The number of carbonyl (C=O) groups is 2. The van der Waals surface area contributed by atoms with Crippen molar-refractivity contribution in [2.24, 2.45) is 0 Å². The molecule has 0 aliphatic carbocycles. The molecule has 7 nitrogen and oxygen atoms in total. The highest BCUT2D eigenvalue weighted by atomic mass is 16.6. The Morgan fingerprint density at radius 3 is 2.19 bits per heavy atom. The van der Waals surface area contributed by atoms with Gasteiger partial charge in [-0.2, -0.15) is 0 Å². The fraction of sp³-hybridized carbons (Fsp3) is 0.500. The fourth-order valence-electron chi connectivity index (χ4n) is 2.40. The molecule has 1 heterocycles. The van der Waals surface area contributed by atoms with E-state index in [0.717, 1.165) is 16.9 Å². The number of ether oxygens (including phenoxy) is 1. The van der Waals surface area contributed by atoms with E-state index in [-0.39, 0.29) is 12.5 Å². The number of hydrogen-bond acceptors (Lipinski definition) is 5. The highest BCUT2D eigenvalue weighted by Crippen LogP contribution is 2.15. The molecular weight excluding hydrogens is 344 g/mol. The molecule has 27 heavy (non-hydrogen) atoms.